The first kappa shape index (κ1) is 12.5. The molecule has 0 bridgehead atoms. The number of nitrogens with zero attached hydrogens (tertiary/aromatic N) is 1. The summed E-state index contributed by atoms with van der Waals surface area (Å²) in [6, 6.07) is 8.96. The molecule has 0 atom stereocenters. The number of hydrazine groups is 1. The van der Waals surface area contributed by atoms with E-state index in [0.29, 0.717) is 16.6 Å². The summed E-state index contributed by atoms with van der Waals surface area (Å²) in [6.45, 7) is 0. The van der Waals surface area contributed by atoms with Crippen LogP contribution in [0.15, 0.2) is 36.5 Å². The van der Waals surface area contributed by atoms with Crippen LogP contribution >= 0.6 is 11.6 Å². The summed E-state index contributed by atoms with van der Waals surface area (Å²) in [5.41, 5.74) is 4.09. The molecule has 2 aromatic rings. The summed E-state index contributed by atoms with van der Waals surface area (Å²) in [7, 11) is 1.60. The smallest absolute Gasteiger partial charge is 0.142 e. The van der Waals surface area contributed by atoms with Gasteiger partial charge in [-0.3, -0.25) is 0 Å². The molecule has 0 fully saturated rings. The van der Waals surface area contributed by atoms with E-state index in [0.717, 1.165) is 11.4 Å². The summed E-state index contributed by atoms with van der Waals surface area (Å²) in [6.07, 6.45) is 1.65. The number of nitrogens with two attached hydrogens (primary N) is 1. The SMILES string of the molecule is COc1ccc(Cl)cc1Nc1ccnc(NN)c1. The molecule has 0 saturated carbocycles. The number of halogens is 1. The van der Waals surface area contributed by atoms with Gasteiger partial charge in [0.1, 0.15) is 11.6 Å². The molecule has 0 amide bonds. The fourth-order valence-electron chi connectivity index (χ4n) is 1.52. The van der Waals surface area contributed by atoms with Crippen LogP contribution in [0.4, 0.5) is 17.2 Å². The van der Waals surface area contributed by atoms with Crippen molar-refractivity contribution in [3.8, 4) is 5.75 Å². The minimum Gasteiger partial charge on any atom is -0.495 e. The van der Waals surface area contributed by atoms with E-state index in [4.69, 9.17) is 22.2 Å². The van der Waals surface area contributed by atoms with E-state index in [9.17, 15) is 0 Å². The third kappa shape index (κ3) is 2.82. The van der Waals surface area contributed by atoms with Crippen molar-refractivity contribution in [2.45, 2.75) is 0 Å². The molecule has 0 spiro atoms. The van der Waals surface area contributed by atoms with E-state index in [2.05, 4.69) is 15.7 Å². The number of benzene rings is 1. The highest BCUT2D eigenvalue weighted by Gasteiger charge is 2.04. The van der Waals surface area contributed by atoms with Crippen LogP contribution in [0, 0.1) is 0 Å². The monoisotopic (exact) mass is 264 g/mol. The minimum absolute atomic E-state index is 0.570. The van der Waals surface area contributed by atoms with Gasteiger partial charge in [0.2, 0.25) is 0 Å². The van der Waals surface area contributed by atoms with E-state index in [1.54, 1.807) is 37.6 Å². The van der Waals surface area contributed by atoms with Gasteiger partial charge < -0.3 is 15.5 Å². The average molecular weight is 265 g/mol. The molecule has 0 unspecified atom stereocenters. The Labute approximate surface area is 110 Å². The summed E-state index contributed by atoms with van der Waals surface area (Å²) in [5.74, 6) is 6.58. The highest BCUT2D eigenvalue weighted by atomic mass is 35.5. The lowest BCUT2D eigenvalue weighted by atomic mass is 10.2. The Morgan fingerprint density at radius 1 is 1.28 bits per heavy atom. The number of hydrogen-bond donors (Lipinski definition) is 3. The van der Waals surface area contributed by atoms with Crippen LogP contribution in [0.1, 0.15) is 0 Å². The van der Waals surface area contributed by atoms with Gasteiger partial charge in [-0.1, -0.05) is 11.6 Å². The third-order valence-corrected chi connectivity index (χ3v) is 2.58. The van der Waals surface area contributed by atoms with Crippen LogP contribution in [0.25, 0.3) is 0 Å². The molecular formula is C12H13ClN4O. The molecule has 1 aromatic heterocycles. The Hall–Kier alpha value is -1.98. The molecule has 18 heavy (non-hydrogen) atoms. The van der Waals surface area contributed by atoms with E-state index < -0.39 is 0 Å². The summed E-state index contributed by atoms with van der Waals surface area (Å²) >= 11 is 5.96. The second-order valence-corrected chi connectivity index (χ2v) is 3.98. The summed E-state index contributed by atoms with van der Waals surface area (Å²) in [4.78, 5) is 4.03. The maximum absolute atomic E-state index is 5.96. The molecule has 0 aliphatic heterocycles. The van der Waals surface area contributed by atoms with Crippen LogP contribution in [-0.4, -0.2) is 12.1 Å². The first-order valence-electron chi connectivity index (χ1n) is 5.26. The Morgan fingerprint density at radius 2 is 2.11 bits per heavy atom. The predicted octanol–water partition coefficient (Wildman–Crippen LogP) is 2.77. The number of rotatable bonds is 4. The molecule has 2 rings (SSSR count). The maximum Gasteiger partial charge on any atom is 0.142 e. The fourth-order valence-corrected chi connectivity index (χ4v) is 1.69. The Kier molecular flexibility index (Phi) is 3.86. The van der Waals surface area contributed by atoms with Gasteiger partial charge in [0.15, 0.2) is 0 Å². The van der Waals surface area contributed by atoms with Gasteiger partial charge in [-0.2, -0.15) is 0 Å². The molecule has 6 heteroatoms. The van der Waals surface area contributed by atoms with Gasteiger partial charge in [0.25, 0.3) is 0 Å². The number of hydrogen-bond acceptors (Lipinski definition) is 5. The number of anilines is 3. The Morgan fingerprint density at radius 3 is 2.83 bits per heavy atom. The summed E-state index contributed by atoms with van der Waals surface area (Å²) in [5, 5.41) is 3.82. The van der Waals surface area contributed by atoms with Gasteiger partial charge in [-0.25, -0.2) is 10.8 Å². The Bertz CT molecular complexity index is 547. The lowest BCUT2D eigenvalue weighted by molar-refractivity contribution is 0.417. The van der Waals surface area contributed by atoms with Crippen molar-refractivity contribution in [3.63, 3.8) is 0 Å². The molecule has 4 N–H and O–H groups in total. The van der Waals surface area contributed by atoms with Gasteiger partial charge in [-0.15, -0.1) is 0 Å². The molecule has 0 radical (unpaired) electrons. The van der Waals surface area contributed by atoms with Crippen LogP contribution in [0.2, 0.25) is 5.02 Å². The van der Waals surface area contributed by atoms with Crippen LogP contribution in [-0.2, 0) is 0 Å². The van der Waals surface area contributed by atoms with Crippen molar-refractivity contribution in [2.24, 2.45) is 5.84 Å². The number of pyridine rings is 1. The highest BCUT2D eigenvalue weighted by Crippen LogP contribution is 2.30. The van der Waals surface area contributed by atoms with Crippen LogP contribution in [0.5, 0.6) is 5.75 Å². The fraction of sp³-hybridized carbons (Fsp3) is 0.0833. The molecule has 1 aromatic carbocycles. The second-order valence-electron chi connectivity index (χ2n) is 3.54. The zero-order chi connectivity index (χ0) is 13.0. The van der Waals surface area contributed by atoms with E-state index in [1.165, 1.54) is 0 Å². The first-order chi connectivity index (χ1) is 8.72. The molecule has 0 aliphatic carbocycles. The van der Waals surface area contributed by atoms with Gasteiger partial charge in [-0.05, 0) is 24.3 Å². The number of methoxy groups -OCH3 is 1. The number of nitrogens with one attached hydrogen (secondary N) is 2. The zero-order valence-corrected chi connectivity index (χ0v) is 10.5. The molecule has 0 aliphatic rings. The van der Waals surface area contributed by atoms with E-state index >= 15 is 0 Å². The van der Waals surface area contributed by atoms with Crippen molar-refractivity contribution in [2.75, 3.05) is 17.9 Å². The average Bonchev–Trinajstić information content (AvgIpc) is 2.39. The summed E-state index contributed by atoms with van der Waals surface area (Å²) < 4.78 is 5.25. The maximum atomic E-state index is 5.96. The largest absolute Gasteiger partial charge is 0.495 e. The van der Waals surface area contributed by atoms with Crippen molar-refractivity contribution in [1.29, 1.82) is 0 Å². The zero-order valence-electron chi connectivity index (χ0n) is 9.77. The number of nitrogen functional groups attached to an aromatic ring is 1. The molecule has 94 valence electrons. The lowest BCUT2D eigenvalue weighted by Crippen LogP contribution is -2.08. The molecular weight excluding hydrogens is 252 g/mol. The Balaban J connectivity index is 2.29. The van der Waals surface area contributed by atoms with Gasteiger partial charge >= 0.3 is 0 Å². The van der Waals surface area contributed by atoms with Crippen molar-refractivity contribution in [3.05, 3.63) is 41.6 Å². The van der Waals surface area contributed by atoms with E-state index in [-0.39, 0.29) is 0 Å². The normalized spacial score (nSPS) is 9.94. The lowest BCUT2D eigenvalue weighted by Gasteiger charge is -2.12. The molecule has 0 saturated heterocycles. The van der Waals surface area contributed by atoms with Gasteiger partial charge in [0.05, 0.1) is 12.8 Å². The number of ether oxygens (including phenoxy) is 1. The topological polar surface area (TPSA) is 72.2 Å². The third-order valence-electron chi connectivity index (χ3n) is 2.35. The van der Waals surface area contributed by atoms with E-state index in [1.807, 2.05) is 6.07 Å². The molecule has 1 heterocycles. The standard InChI is InChI=1S/C12H13ClN4O/c1-18-11-3-2-8(13)6-10(11)16-9-4-5-15-12(7-9)17-14/h2-7H,14H2,1H3,(H2,15,16,17). The minimum atomic E-state index is 0.570. The predicted molar refractivity (Wildman–Crippen MR) is 73.3 cm³/mol. The van der Waals surface area contributed by atoms with Crippen molar-refractivity contribution >= 4 is 28.8 Å². The van der Waals surface area contributed by atoms with Crippen LogP contribution in [0.3, 0.4) is 0 Å². The van der Waals surface area contributed by atoms with Crippen LogP contribution < -0.4 is 21.3 Å². The van der Waals surface area contributed by atoms with Crippen molar-refractivity contribution < 1.29 is 4.74 Å². The quantitative estimate of drug-likeness (QED) is 0.585. The second kappa shape index (κ2) is 5.57. The highest BCUT2D eigenvalue weighted by molar-refractivity contribution is 6.31. The first-order valence-corrected chi connectivity index (χ1v) is 5.64. The van der Waals surface area contributed by atoms with Gasteiger partial charge in [0, 0.05) is 23.0 Å². The van der Waals surface area contributed by atoms with Crippen molar-refractivity contribution in [1.82, 2.24) is 4.98 Å². The molecule has 5 nitrogen and oxygen atoms in total. The number of aromatic nitrogens is 1.